The highest BCUT2D eigenvalue weighted by Crippen LogP contribution is 2.21. The van der Waals surface area contributed by atoms with E-state index < -0.39 is 0 Å². The van der Waals surface area contributed by atoms with E-state index in [2.05, 4.69) is 295 Å². The Bertz CT molecular complexity index is 2840. The number of piperidine rings is 1. The number of H-pyrrole nitrogens is 1. The summed E-state index contributed by atoms with van der Waals surface area (Å²) in [6.45, 7) is 63.3. The van der Waals surface area contributed by atoms with Gasteiger partial charge in [-0.3, -0.25) is 4.98 Å². The van der Waals surface area contributed by atoms with Gasteiger partial charge in [0.25, 0.3) is 0 Å². The number of aromatic nitrogens is 10. The van der Waals surface area contributed by atoms with Crippen molar-refractivity contribution in [2.24, 2.45) is 86.2 Å². The number of nitrogens with zero attached hydrogens (tertiary/aromatic N) is 14. The van der Waals surface area contributed by atoms with Gasteiger partial charge in [-0.25, -0.2) is 24.5 Å². The zero-order chi connectivity index (χ0) is 80.1. The van der Waals surface area contributed by atoms with Crippen molar-refractivity contribution in [3.63, 3.8) is 0 Å². The maximum Gasteiger partial charge on any atom is 0.168 e. The van der Waals surface area contributed by atoms with Crippen LogP contribution in [-0.4, -0.2) is 160 Å². The predicted molar refractivity (Wildman–Crippen MR) is 535 cm³/mol. The Balaban J connectivity index is -0.000000118. The summed E-state index contributed by atoms with van der Waals surface area (Å²) >= 11 is 0. The molecule has 118 heavy (non-hydrogen) atoms. The Labute approximate surface area is 741 Å². The molecule has 0 aliphatic carbocycles. The van der Waals surface area contributed by atoms with Gasteiger partial charge in [-0.15, -0.1) is 0 Å². The quantitative estimate of drug-likeness (QED) is 0.0631. The van der Waals surface area contributed by atoms with E-state index in [-0.39, 0.29) is 81.7 Å². The fourth-order valence-corrected chi connectivity index (χ4v) is 13.4. The van der Waals surface area contributed by atoms with Gasteiger partial charge in [-0.1, -0.05) is 240 Å². The van der Waals surface area contributed by atoms with Gasteiger partial charge in [0, 0.05) is 139 Å². The highest BCUT2D eigenvalue weighted by Gasteiger charge is 2.21. The summed E-state index contributed by atoms with van der Waals surface area (Å²) in [6, 6.07) is 10.2. The van der Waals surface area contributed by atoms with E-state index in [9.17, 15) is 0 Å². The van der Waals surface area contributed by atoms with Crippen LogP contribution in [0.5, 0.6) is 0 Å². The highest BCUT2D eigenvalue weighted by molar-refractivity contribution is 5.10. The van der Waals surface area contributed by atoms with Crippen LogP contribution < -0.4 is 9.88 Å². The molecule has 2 N–H and O–H groups in total. The van der Waals surface area contributed by atoms with Gasteiger partial charge in [0.2, 0.25) is 0 Å². The molecule has 2 unspecified atom stereocenters. The maximum atomic E-state index is 4.22. The first-order valence-corrected chi connectivity index (χ1v) is 42.4. The van der Waals surface area contributed by atoms with E-state index in [1.165, 1.54) is 164 Å². The molecule has 0 radical (unpaired) electrons. The Morgan fingerprint density at radius 1 is 0.432 bits per heavy atom. The second-order valence-electron chi connectivity index (χ2n) is 35.8. The molecule has 5 aliphatic heterocycles. The Morgan fingerprint density at radius 3 is 1.29 bits per heavy atom. The molecular weight excluding hydrogens is 1450 g/mol. The topological polar surface area (TPSA) is 127 Å². The fraction of sp³-hybridized carbons (Fsp3) is 0.765. The number of imidazole rings is 4. The number of hydrogen-bond donors (Lipinski definition) is 2. The van der Waals surface area contributed by atoms with Gasteiger partial charge in [0.05, 0.1) is 37.7 Å². The van der Waals surface area contributed by atoms with Crippen molar-refractivity contribution in [1.29, 1.82) is 0 Å². The third-order valence-corrected chi connectivity index (χ3v) is 18.1. The van der Waals surface area contributed by atoms with Crippen LogP contribution in [0.4, 0.5) is 0 Å². The first kappa shape index (κ1) is 136. The van der Waals surface area contributed by atoms with Crippen LogP contribution in [0.2, 0.25) is 0 Å². The first-order valence-electron chi connectivity index (χ1n) is 42.4. The van der Waals surface area contributed by atoms with E-state index in [0.717, 1.165) is 98.3 Å². The lowest BCUT2D eigenvalue weighted by Crippen LogP contribution is -2.32. The summed E-state index contributed by atoms with van der Waals surface area (Å²) < 4.78 is 8.20. The third kappa shape index (κ3) is 77.6. The molecule has 2 atom stereocenters. The van der Waals surface area contributed by atoms with Crippen LogP contribution in [-0.2, 0) is 59.8 Å². The molecule has 0 aromatic carbocycles. The van der Waals surface area contributed by atoms with Crippen molar-refractivity contribution in [3.05, 3.63) is 146 Å². The molecule has 0 bridgehead atoms. The minimum absolute atomic E-state index is 0. The lowest BCUT2D eigenvalue weighted by molar-refractivity contribution is -0.671. The monoisotopic (exact) mass is 1660 g/mol. The van der Waals surface area contributed by atoms with Gasteiger partial charge >= 0.3 is 0 Å². The molecular formula is C102H213N16+. The molecule has 6 aromatic heterocycles. The molecule has 700 valence electrons. The summed E-state index contributed by atoms with van der Waals surface area (Å²) in [5.41, 5.74) is 6.54. The smallest absolute Gasteiger partial charge is 0.168 e. The lowest BCUT2D eigenvalue weighted by Gasteiger charge is -2.27. The van der Waals surface area contributed by atoms with Crippen molar-refractivity contribution in [2.75, 3.05) is 79.7 Å². The summed E-state index contributed by atoms with van der Waals surface area (Å²) in [5, 5.41) is 3.49. The van der Waals surface area contributed by atoms with Gasteiger partial charge in [0.1, 0.15) is 7.05 Å². The maximum absolute atomic E-state index is 4.22. The number of hydrogen-bond acceptors (Lipinski definition) is 11. The van der Waals surface area contributed by atoms with E-state index in [0.29, 0.717) is 17.8 Å². The number of aromatic amines is 1. The molecule has 16 heteroatoms. The van der Waals surface area contributed by atoms with Crippen molar-refractivity contribution in [1.82, 2.24) is 73.4 Å². The molecule has 4 saturated heterocycles. The van der Waals surface area contributed by atoms with Crippen LogP contribution in [0.3, 0.4) is 0 Å². The van der Waals surface area contributed by atoms with Crippen LogP contribution in [0, 0.1) is 65.1 Å². The van der Waals surface area contributed by atoms with Crippen LogP contribution >= 0.6 is 0 Å². The number of pyridine rings is 2. The average molecular weight is 1660 g/mol. The third-order valence-electron chi connectivity index (χ3n) is 18.1. The van der Waals surface area contributed by atoms with Gasteiger partial charge < -0.3 is 48.5 Å². The fourth-order valence-electron chi connectivity index (χ4n) is 13.4. The molecule has 0 amide bonds. The zero-order valence-corrected chi connectivity index (χ0v) is 74.3. The number of rotatable bonds is 22. The SMILES string of the molecule is C.C.C.C.C.C.C.C.C.C.C.CC(C)CC1CCCN1.CC(C)CC1CCCN1C.CC(C)CN1C=CN(C)C1.CC(C)CN1CCCC1.CC(C)CN1CCCCC1.CC(C)Cc1cc[n+](C)cc1.CC(C)Cc1ccncc1.CC(C)Cc1cn(C)cn1.CC(C)Cc1cnc[nH]1.CC(C)Cc1cncn1C.CC(C)Cn1ccnc1. The van der Waals surface area contributed by atoms with E-state index >= 15 is 0 Å². The predicted octanol–water partition coefficient (Wildman–Crippen LogP) is 26.5. The Hall–Kier alpha value is -5.68. The molecule has 11 rings (SSSR count). The largest absolute Gasteiger partial charge is 0.362 e. The molecule has 4 fully saturated rings. The minimum atomic E-state index is 0. The molecule has 0 spiro atoms. The average Bonchev–Trinajstić information content (AvgIpc) is 1.81. The van der Waals surface area contributed by atoms with Crippen LogP contribution in [0.1, 0.15) is 333 Å². The van der Waals surface area contributed by atoms with E-state index in [4.69, 9.17) is 0 Å². The number of aryl methyl sites for hydroxylation is 3. The lowest BCUT2D eigenvalue weighted by atomic mass is 10.0. The second-order valence-corrected chi connectivity index (χ2v) is 35.8. The normalized spacial score (nSPS) is 14.8. The molecule has 6 aromatic rings. The molecule has 0 saturated carbocycles. The van der Waals surface area contributed by atoms with Gasteiger partial charge in [0.15, 0.2) is 12.4 Å². The summed E-state index contributed by atoms with van der Waals surface area (Å²) in [7, 11) is 10.4. The standard InChI is InChI=1S/C10H16N.C9H19N.C9H13N.C9H19N.2C8H14N2.C8H16N2.2C8H17N.2C7H12N2.11CH4/c1-9(2)8-10-4-6-11(3)7-5-10;1-8(2)7-9-5-4-6-10(9)3;1-8(2)7-9-3-5-10-6-4-9;1-9(2)8-10-6-4-3-5-7-10;1-7(2)4-8-5-10(3)6-9-8;1-7(2)4-8-5-9-6-10(8)3;1-8(2)6-10-5-4-9(3)7-10;1-7(2)6-8-4-3-5-9-8;1-8(2)7-9-5-3-4-6-9;1-6(2)3-7-4-8-5-9-7;1-7(2)5-9-4-3-8-6-9;;;;;;;;;;;/h4-7,9H,8H2,1-3H3;8-9H,4-7H2,1-3H3;3-6,8H,7H2,1-2H3;9H,3-8H2,1-2H3;2*5-7H,4H2,1-3H3;4-5,8H,6-7H2,1-3H3;7-9H,3-6H2,1-2H3;8H,3-7H2,1-2H3;4-6H,3H2,1-2H3,(H,8,9);3-4,6-7H,5H2,1-2H3;11*1H4/q+1;;;;;;;;;;;;;;;;;;;;;. The number of nitrogens with one attached hydrogen (secondary N) is 2. The van der Waals surface area contributed by atoms with Crippen LogP contribution in [0.15, 0.2) is 118 Å². The van der Waals surface area contributed by atoms with Gasteiger partial charge in [-0.2, -0.15) is 0 Å². The first-order chi connectivity index (χ1) is 50.7. The number of likely N-dealkylation sites (tertiary alicyclic amines) is 3. The van der Waals surface area contributed by atoms with Gasteiger partial charge in [-0.05, 0) is 231 Å². The van der Waals surface area contributed by atoms with E-state index in [1.807, 2.05) is 81.9 Å². The highest BCUT2D eigenvalue weighted by atomic mass is 15.3. The Morgan fingerprint density at radius 2 is 0.924 bits per heavy atom. The Kier molecular flexibility index (Phi) is 94.5. The summed E-state index contributed by atoms with van der Waals surface area (Å²) in [5.74, 6) is 8.52. The van der Waals surface area contributed by atoms with Crippen LogP contribution in [0.25, 0.3) is 0 Å². The van der Waals surface area contributed by atoms with E-state index in [1.54, 1.807) is 6.33 Å². The summed E-state index contributed by atoms with van der Waals surface area (Å²) in [4.78, 5) is 35.3. The molecule has 5 aliphatic rings. The van der Waals surface area contributed by atoms with Crippen molar-refractivity contribution >= 4 is 0 Å². The zero-order valence-electron chi connectivity index (χ0n) is 74.3. The van der Waals surface area contributed by atoms with Crippen molar-refractivity contribution < 1.29 is 4.57 Å². The van der Waals surface area contributed by atoms with Crippen molar-refractivity contribution in [3.8, 4) is 0 Å². The summed E-state index contributed by atoms with van der Waals surface area (Å²) in [6.07, 6.45) is 50.2. The molecule has 16 nitrogen and oxygen atoms in total. The molecule has 11 heterocycles. The minimum Gasteiger partial charge on any atom is -0.362 e. The van der Waals surface area contributed by atoms with Crippen molar-refractivity contribution in [2.45, 2.75) is 355 Å². The second kappa shape index (κ2) is 82.3.